The fourth-order valence-electron chi connectivity index (χ4n) is 2.36. The van der Waals surface area contributed by atoms with Crippen LogP contribution in [0.3, 0.4) is 0 Å². The molecule has 1 N–H and O–H groups in total. The van der Waals surface area contributed by atoms with Gasteiger partial charge in [0, 0.05) is 12.5 Å². The Balaban J connectivity index is 3.03. The van der Waals surface area contributed by atoms with Gasteiger partial charge in [0.25, 0.3) is 0 Å². The molecule has 0 bridgehead atoms. The van der Waals surface area contributed by atoms with E-state index in [2.05, 4.69) is 52.8 Å². The standard InChI is InChI=1S/C17H28O/c1-12(2)6-15-8-16(7-13(3)4)10-17(9-15)14(5)11-18/h8-10,12-14,18H,6-7,11H2,1-5H3. The van der Waals surface area contributed by atoms with Crippen LogP contribution in [-0.4, -0.2) is 11.7 Å². The van der Waals surface area contributed by atoms with Gasteiger partial charge in [-0.3, -0.25) is 0 Å². The number of aliphatic hydroxyl groups excluding tert-OH is 1. The maximum Gasteiger partial charge on any atom is 0.0497 e. The van der Waals surface area contributed by atoms with Crippen LogP contribution in [0.1, 0.15) is 57.2 Å². The van der Waals surface area contributed by atoms with E-state index in [9.17, 15) is 5.11 Å². The highest BCUT2D eigenvalue weighted by Crippen LogP contribution is 2.22. The first-order valence-corrected chi connectivity index (χ1v) is 7.16. The minimum Gasteiger partial charge on any atom is -0.396 e. The van der Waals surface area contributed by atoms with Crippen LogP contribution >= 0.6 is 0 Å². The lowest BCUT2D eigenvalue weighted by Gasteiger charge is -2.15. The lowest BCUT2D eigenvalue weighted by molar-refractivity contribution is 0.273. The lowest BCUT2D eigenvalue weighted by Crippen LogP contribution is -2.04. The van der Waals surface area contributed by atoms with Crippen LogP contribution < -0.4 is 0 Å². The van der Waals surface area contributed by atoms with Crippen LogP contribution in [0.4, 0.5) is 0 Å². The van der Waals surface area contributed by atoms with Gasteiger partial charge in [-0.1, -0.05) is 52.8 Å². The van der Waals surface area contributed by atoms with E-state index in [1.54, 1.807) is 0 Å². The van der Waals surface area contributed by atoms with Gasteiger partial charge in [-0.2, -0.15) is 0 Å². The largest absolute Gasteiger partial charge is 0.396 e. The van der Waals surface area contributed by atoms with Crippen molar-refractivity contribution in [1.29, 1.82) is 0 Å². The van der Waals surface area contributed by atoms with E-state index in [-0.39, 0.29) is 12.5 Å². The van der Waals surface area contributed by atoms with Crippen LogP contribution in [0.15, 0.2) is 18.2 Å². The van der Waals surface area contributed by atoms with E-state index >= 15 is 0 Å². The maximum absolute atomic E-state index is 9.33. The molecule has 18 heavy (non-hydrogen) atoms. The molecule has 0 saturated carbocycles. The zero-order chi connectivity index (χ0) is 13.7. The van der Waals surface area contributed by atoms with E-state index in [1.165, 1.54) is 16.7 Å². The summed E-state index contributed by atoms with van der Waals surface area (Å²) >= 11 is 0. The summed E-state index contributed by atoms with van der Waals surface area (Å²) in [6.07, 6.45) is 2.24. The Kier molecular flexibility index (Phi) is 5.87. The highest BCUT2D eigenvalue weighted by atomic mass is 16.3. The monoisotopic (exact) mass is 248 g/mol. The van der Waals surface area contributed by atoms with Crippen LogP contribution in [0.5, 0.6) is 0 Å². The normalized spacial score (nSPS) is 13.3. The molecule has 102 valence electrons. The predicted octanol–water partition coefficient (Wildman–Crippen LogP) is 4.18. The van der Waals surface area contributed by atoms with Crippen LogP contribution in [-0.2, 0) is 12.8 Å². The molecule has 1 unspecified atom stereocenters. The minimum atomic E-state index is 0.228. The number of hydrogen-bond acceptors (Lipinski definition) is 1. The van der Waals surface area contributed by atoms with Crippen molar-refractivity contribution in [2.75, 3.05) is 6.61 Å². The van der Waals surface area contributed by atoms with Crippen molar-refractivity contribution in [1.82, 2.24) is 0 Å². The number of benzene rings is 1. The minimum absolute atomic E-state index is 0.228. The fraction of sp³-hybridized carbons (Fsp3) is 0.647. The fourth-order valence-corrected chi connectivity index (χ4v) is 2.36. The second kappa shape index (κ2) is 6.94. The van der Waals surface area contributed by atoms with Gasteiger partial charge >= 0.3 is 0 Å². The van der Waals surface area contributed by atoms with E-state index in [0.717, 1.165) is 12.8 Å². The van der Waals surface area contributed by atoms with Crippen molar-refractivity contribution in [2.45, 2.75) is 53.4 Å². The molecule has 0 aromatic heterocycles. The first-order valence-electron chi connectivity index (χ1n) is 7.16. The molecule has 0 spiro atoms. The van der Waals surface area contributed by atoms with Crippen LogP contribution in [0.2, 0.25) is 0 Å². The smallest absolute Gasteiger partial charge is 0.0497 e. The second-order valence-corrected chi connectivity index (χ2v) is 6.36. The Hall–Kier alpha value is -0.820. The highest BCUT2D eigenvalue weighted by Gasteiger charge is 2.09. The molecule has 0 fully saturated rings. The molecule has 0 aliphatic carbocycles. The van der Waals surface area contributed by atoms with Crippen molar-refractivity contribution in [3.05, 3.63) is 34.9 Å². The second-order valence-electron chi connectivity index (χ2n) is 6.36. The van der Waals surface area contributed by atoms with E-state index < -0.39 is 0 Å². The maximum atomic E-state index is 9.33. The summed E-state index contributed by atoms with van der Waals surface area (Å²) in [6.45, 7) is 11.3. The highest BCUT2D eigenvalue weighted by molar-refractivity contribution is 5.33. The summed E-state index contributed by atoms with van der Waals surface area (Å²) < 4.78 is 0. The Labute approximate surface area is 112 Å². The first-order chi connectivity index (χ1) is 8.42. The molecular formula is C17H28O. The van der Waals surface area contributed by atoms with Crippen molar-refractivity contribution in [3.63, 3.8) is 0 Å². The van der Waals surface area contributed by atoms with Crippen molar-refractivity contribution in [2.24, 2.45) is 11.8 Å². The molecular weight excluding hydrogens is 220 g/mol. The average molecular weight is 248 g/mol. The average Bonchev–Trinajstić information content (AvgIpc) is 2.25. The molecule has 1 rings (SSSR count). The zero-order valence-corrected chi connectivity index (χ0v) is 12.5. The van der Waals surface area contributed by atoms with E-state index in [0.29, 0.717) is 11.8 Å². The molecule has 1 nitrogen and oxygen atoms in total. The van der Waals surface area contributed by atoms with E-state index in [4.69, 9.17) is 0 Å². The molecule has 0 saturated heterocycles. The number of hydrogen-bond donors (Lipinski definition) is 1. The third-order valence-electron chi connectivity index (χ3n) is 3.21. The molecule has 1 aromatic rings. The van der Waals surface area contributed by atoms with Gasteiger partial charge in [-0.25, -0.2) is 0 Å². The summed E-state index contributed by atoms with van der Waals surface area (Å²) in [4.78, 5) is 0. The molecule has 0 heterocycles. The number of aliphatic hydroxyl groups is 1. The quantitative estimate of drug-likeness (QED) is 0.800. The van der Waals surface area contributed by atoms with Crippen molar-refractivity contribution < 1.29 is 5.11 Å². The molecule has 1 heteroatoms. The van der Waals surface area contributed by atoms with Gasteiger partial charge in [-0.05, 0) is 41.4 Å². The van der Waals surface area contributed by atoms with Crippen molar-refractivity contribution >= 4 is 0 Å². The summed E-state index contributed by atoms with van der Waals surface area (Å²) in [5.41, 5.74) is 4.11. The van der Waals surface area contributed by atoms with Crippen molar-refractivity contribution in [3.8, 4) is 0 Å². The summed E-state index contributed by atoms with van der Waals surface area (Å²) in [5.74, 6) is 1.59. The zero-order valence-electron chi connectivity index (χ0n) is 12.5. The van der Waals surface area contributed by atoms with Gasteiger partial charge in [0.1, 0.15) is 0 Å². The Morgan fingerprint density at radius 2 is 1.28 bits per heavy atom. The van der Waals surface area contributed by atoms with Gasteiger partial charge in [0.05, 0.1) is 0 Å². The van der Waals surface area contributed by atoms with Gasteiger partial charge in [-0.15, -0.1) is 0 Å². The molecule has 0 aliphatic heterocycles. The third-order valence-corrected chi connectivity index (χ3v) is 3.21. The van der Waals surface area contributed by atoms with Crippen LogP contribution in [0.25, 0.3) is 0 Å². The van der Waals surface area contributed by atoms with E-state index in [1.807, 2.05) is 0 Å². The third kappa shape index (κ3) is 4.81. The topological polar surface area (TPSA) is 20.2 Å². The molecule has 0 radical (unpaired) electrons. The molecule has 0 aliphatic rings. The molecule has 1 atom stereocenters. The Bertz CT molecular complexity index is 338. The Morgan fingerprint density at radius 3 is 1.61 bits per heavy atom. The predicted molar refractivity (Wildman–Crippen MR) is 79.0 cm³/mol. The van der Waals surface area contributed by atoms with Gasteiger partial charge < -0.3 is 5.11 Å². The molecule has 0 amide bonds. The lowest BCUT2D eigenvalue weighted by atomic mass is 9.91. The summed E-state index contributed by atoms with van der Waals surface area (Å²) in [5, 5.41) is 9.33. The number of rotatable bonds is 6. The van der Waals surface area contributed by atoms with Gasteiger partial charge in [0.2, 0.25) is 0 Å². The van der Waals surface area contributed by atoms with Crippen LogP contribution in [0, 0.1) is 11.8 Å². The van der Waals surface area contributed by atoms with Gasteiger partial charge in [0.15, 0.2) is 0 Å². The SMILES string of the molecule is CC(C)Cc1cc(CC(C)C)cc(C(C)CO)c1. The molecule has 1 aromatic carbocycles. The first kappa shape index (κ1) is 15.2. The summed E-state index contributed by atoms with van der Waals surface area (Å²) in [6, 6.07) is 6.88. The summed E-state index contributed by atoms with van der Waals surface area (Å²) in [7, 11) is 0. The Morgan fingerprint density at radius 1 is 0.833 bits per heavy atom.